The lowest BCUT2D eigenvalue weighted by Gasteiger charge is -2.39. The van der Waals surface area contributed by atoms with Crippen LogP contribution in [0, 0.1) is 0 Å². The highest BCUT2D eigenvalue weighted by Crippen LogP contribution is 2.07. The number of hydrogen-bond donors (Lipinski definition) is 2. The molecule has 5 nitrogen and oxygen atoms in total. The average molecular weight is 239 g/mol. The molecule has 96 valence electrons. The second-order valence-electron chi connectivity index (χ2n) is 4.32. The van der Waals surface area contributed by atoms with Crippen molar-refractivity contribution in [2.75, 3.05) is 19.6 Å². The first-order chi connectivity index (χ1) is 8.13. The van der Waals surface area contributed by atoms with Gasteiger partial charge in [0.15, 0.2) is 0 Å². The molecule has 2 N–H and O–H groups in total. The van der Waals surface area contributed by atoms with Crippen LogP contribution < -0.4 is 10.6 Å². The van der Waals surface area contributed by atoms with Gasteiger partial charge in [-0.05, 0) is 19.3 Å². The Morgan fingerprint density at radius 1 is 1.41 bits per heavy atom. The average Bonchev–Trinajstić information content (AvgIpc) is 2.22. The second-order valence-corrected chi connectivity index (χ2v) is 4.32. The van der Waals surface area contributed by atoms with Crippen molar-refractivity contribution in [3.63, 3.8) is 0 Å². The quantitative estimate of drug-likeness (QED) is 0.534. The Kier molecular flexibility index (Phi) is 5.52. The van der Waals surface area contributed by atoms with E-state index in [9.17, 15) is 9.59 Å². The third-order valence-electron chi connectivity index (χ3n) is 2.69. The van der Waals surface area contributed by atoms with Crippen LogP contribution in [0.25, 0.3) is 0 Å². The van der Waals surface area contributed by atoms with Crippen molar-refractivity contribution in [2.24, 2.45) is 0 Å². The van der Waals surface area contributed by atoms with E-state index in [1.165, 1.54) is 6.92 Å². The Bertz CT molecular complexity index is 285. The summed E-state index contributed by atoms with van der Waals surface area (Å²) in [4.78, 5) is 24.0. The number of unbranched alkanes of at least 4 members (excludes halogenated alkanes) is 2. The van der Waals surface area contributed by atoms with Crippen LogP contribution in [0.5, 0.6) is 0 Å². The number of carbonyl (C=O) groups is 2. The lowest BCUT2D eigenvalue weighted by molar-refractivity contribution is -0.120. The summed E-state index contributed by atoms with van der Waals surface area (Å²) in [5, 5.41) is 5.63. The van der Waals surface area contributed by atoms with Gasteiger partial charge in [-0.15, -0.1) is 6.58 Å². The number of hydrogen-bond acceptors (Lipinski definition) is 2. The molecule has 0 saturated carbocycles. The minimum Gasteiger partial charge on any atom is -0.350 e. The van der Waals surface area contributed by atoms with E-state index in [0.717, 1.165) is 19.3 Å². The predicted octanol–water partition coefficient (Wildman–Crippen LogP) is 0.873. The maximum absolute atomic E-state index is 11.6. The van der Waals surface area contributed by atoms with Gasteiger partial charge in [0.05, 0.1) is 6.04 Å². The number of rotatable bonds is 6. The maximum Gasteiger partial charge on any atom is 0.317 e. The van der Waals surface area contributed by atoms with Crippen LogP contribution in [0.2, 0.25) is 0 Å². The van der Waals surface area contributed by atoms with Crippen LogP contribution in [-0.4, -0.2) is 42.5 Å². The summed E-state index contributed by atoms with van der Waals surface area (Å²) in [5.41, 5.74) is 0. The summed E-state index contributed by atoms with van der Waals surface area (Å²) in [6.07, 6.45) is 4.90. The lowest BCUT2D eigenvalue weighted by Crippen LogP contribution is -2.62. The van der Waals surface area contributed by atoms with E-state index in [2.05, 4.69) is 17.2 Å². The third-order valence-corrected chi connectivity index (χ3v) is 2.69. The Labute approximate surface area is 102 Å². The minimum absolute atomic E-state index is 0.0368. The fourth-order valence-electron chi connectivity index (χ4n) is 1.74. The highest BCUT2D eigenvalue weighted by atomic mass is 16.2. The van der Waals surface area contributed by atoms with E-state index < -0.39 is 0 Å². The second kappa shape index (κ2) is 6.93. The molecule has 1 aliphatic heterocycles. The predicted molar refractivity (Wildman–Crippen MR) is 66.6 cm³/mol. The molecule has 0 spiro atoms. The molecule has 0 aromatic rings. The van der Waals surface area contributed by atoms with E-state index in [1.54, 1.807) is 4.90 Å². The standard InChI is InChI=1S/C12H21N3O2/c1-3-4-5-6-7-13-12(17)15-8-11(9-15)14-10(2)16/h3,11H,1,4-9H2,2H3,(H,13,17)(H,14,16). The molecule has 17 heavy (non-hydrogen) atoms. The summed E-state index contributed by atoms with van der Waals surface area (Å²) in [6, 6.07) is 0.0872. The fourth-order valence-corrected chi connectivity index (χ4v) is 1.74. The van der Waals surface area contributed by atoms with E-state index >= 15 is 0 Å². The van der Waals surface area contributed by atoms with E-state index in [4.69, 9.17) is 0 Å². The molecule has 0 radical (unpaired) electrons. The smallest absolute Gasteiger partial charge is 0.317 e. The van der Waals surface area contributed by atoms with E-state index in [1.807, 2.05) is 6.08 Å². The van der Waals surface area contributed by atoms with Gasteiger partial charge in [-0.3, -0.25) is 4.79 Å². The van der Waals surface area contributed by atoms with Crippen LogP contribution >= 0.6 is 0 Å². The van der Waals surface area contributed by atoms with Crippen LogP contribution in [0.15, 0.2) is 12.7 Å². The van der Waals surface area contributed by atoms with Gasteiger partial charge in [0, 0.05) is 26.6 Å². The number of likely N-dealkylation sites (tertiary alicyclic amines) is 1. The molecule has 0 aromatic heterocycles. The van der Waals surface area contributed by atoms with Crippen LogP contribution in [0.4, 0.5) is 4.79 Å². The topological polar surface area (TPSA) is 61.4 Å². The zero-order chi connectivity index (χ0) is 12.7. The summed E-state index contributed by atoms with van der Waals surface area (Å²) < 4.78 is 0. The molecular weight excluding hydrogens is 218 g/mol. The normalized spacial score (nSPS) is 15.0. The molecule has 1 saturated heterocycles. The van der Waals surface area contributed by atoms with Crippen molar-refractivity contribution in [1.82, 2.24) is 15.5 Å². The first-order valence-electron chi connectivity index (χ1n) is 6.04. The van der Waals surface area contributed by atoms with Crippen LogP contribution in [0.3, 0.4) is 0 Å². The summed E-state index contributed by atoms with van der Waals surface area (Å²) in [5.74, 6) is -0.0421. The summed E-state index contributed by atoms with van der Waals surface area (Å²) >= 11 is 0. The van der Waals surface area contributed by atoms with Crippen molar-refractivity contribution in [1.29, 1.82) is 0 Å². The summed E-state index contributed by atoms with van der Waals surface area (Å²) in [6.45, 7) is 7.06. The van der Waals surface area contributed by atoms with Gasteiger partial charge in [0.1, 0.15) is 0 Å². The Hall–Kier alpha value is -1.52. The molecule has 3 amide bonds. The highest BCUT2D eigenvalue weighted by molar-refractivity contribution is 5.77. The van der Waals surface area contributed by atoms with Gasteiger partial charge in [-0.2, -0.15) is 0 Å². The van der Waals surface area contributed by atoms with E-state index in [-0.39, 0.29) is 18.0 Å². The van der Waals surface area contributed by atoms with Crippen molar-refractivity contribution in [2.45, 2.75) is 32.2 Å². The van der Waals surface area contributed by atoms with E-state index in [0.29, 0.717) is 19.6 Å². The largest absolute Gasteiger partial charge is 0.350 e. The van der Waals surface area contributed by atoms with Gasteiger partial charge in [0.25, 0.3) is 0 Å². The molecule has 5 heteroatoms. The molecular formula is C12H21N3O2. The maximum atomic E-state index is 11.6. The minimum atomic E-state index is -0.0421. The van der Waals surface area contributed by atoms with Crippen molar-refractivity contribution in [3.8, 4) is 0 Å². The molecule has 0 unspecified atom stereocenters. The highest BCUT2D eigenvalue weighted by Gasteiger charge is 2.30. The molecule has 0 aromatic carbocycles. The van der Waals surface area contributed by atoms with Crippen LogP contribution in [-0.2, 0) is 4.79 Å². The fraction of sp³-hybridized carbons (Fsp3) is 0.667. The number of nitrogens with one attached hydrogen (secondary N) is 2. The van der Waals surface area contributed by atoms with Gasteiger partial charge < -0.3 is 15.5 Å². The molecule has 0 bridgehead atoms. The molecule has 1 heterocycles. The third kappa shape index (κ3) is 4.89. The summed E-state index contributed by atoms with van der Waals surface area (Å²) in [7, 11) is 0. The monoisotopic (exact) mass is 239 g/mol. The number of allylic oxidation sites excluding steroid dienone is 1. The molecule has 1 aliphatic rings. The molecule has 0 atom stereocenters. The molecule has 1 rings (SSSR count). The Morgan fingerprint density at radius 3 is 2.71 bits per heavy atom. The van der Waals surface area contributed by atoms with Crippen LogP contribution in [0.1, 0.15) is 26.2 Å². The number of nitrogens with zero attached hydrogens (tertiary/aromatic N) is 1. The van der Waals surface area contributed by atoms with Gasteiger partial charge in [-0.1, -0.05) is 6.08 Å². The lowest BCUT2D eigenvalue weighted by atomic mass is 10.1. The number of urea groups is 1. The van der Waals surface area contributed by atoms with Gasteiger partial charge in [0.2, 0.25) is 5.91 Å². The van der Waals surface area contributed by atoms with Crippen molar-refractivity contribution in [3.05, 3.63) is 12.7 Å². The Morgan fingerprint density at radius 2 is 2.12 bits per heavy atom. The van der Waals surface area contributed by atoms with Crippen molar-refractivity contribution < 1.29 is 9.59 Å². The SMILES string of the molecule is C=CCCCCNC(=O)N1CC(NC(C)=O)C1. The zero-order valence-corrected chi connectivity index (χ0v) is 10.4. The molecule has 0 aliphatic carbocycles. The first-order valence-corrected chi connectivity index (χ1v) is 6.04. The number of amides is 3. The van der Waals surface area contributed by atoms with Gasteiger partial charge in [-0.25, -0.2) is 4.79 Å². The zero-order valence-electron chi connectivity index (χ0n) is 10.4. The Balaban J connectivity index is 2.03. The van der Waals surface area contributed by atoms with Gasteiger partial charge >= 0.3 is 6.03 Å². The van der Waals surface area contributed by atoms with Crippen molar-refractivity contribution >= 4 is 11.9 Å². The molecule has 1 fully saturated rings. The first kappa shape index (κ1) is 13.5. The number of carbonyl (C=O) groups excluding carboxylic acids is 2.